The fourth-order valence-corrected chi connectivity index (χ4v) is 3.05. The minimum atomic E-state index is -0.0838. The third-order valence-electron chi connectivity index (χ3n) is 2.39. The van der Waals surface area contributed by atoms with Gasteiger partial charge >= 0.3 is 0 Å². The fourth-order valence-electron chi connectivity index (χ4n) is 1.42. The first-order valence-electron chi connectivity index (χ1n) is 5.84. The molecule has 0 spiro atoms. The van der Waals surface area contributed by atoms with Crippen LogP contribution >= 0.6 is 39.3 Å². The van der Waals surface area contributed by atoms with Gasteiger partial charge in [-0.3, -0.25) is 0 Å². The number of rotatable bonds is 2. The van der Waals surface area contributed by atoms with E-state index in [2.05, 4.69) is 46.7 Å². The first-order valence-corrected chi connectivity index (χ1v) is 7.82. The molecule has 2 aromatic rings. The topological polar surface area (TPSA) is 25.8 Å². The van der Waals surface area contributed by atoms with Crippen LogP contribution < -0.4 is 0 Å². The average molecular weight is 358 g/mol. The molecule has 100 valence electrons. The Kier molecular flexibility index (Phi) is 4.54. The van der Waals surface area contributed by atoms with Crippen LogP contribution in [-0.2, 0) is 5.41 Å². The molecule has 2 nitrogen and oxygen atoms in total. The molecule has 0 saturated carbocycles. The Morgan fingerprint density at radius 3 is 2.47 bits per heavy atom. The van der Waals surface area contributed by atoms with Gasteiger partial charge in [-0.15, -0.1) is 0 Å². The molecule has 0 unspecified atom stereocenters. The third-order valence-corrected chi connectivity index (χ3v) is 4.24. The first-order chi connectivity index (χ1) is 8.86. The van der Waals surface area contributed by atoms with Crippen LogP contribution in [0.4, 0.5) is 0 Å². The molecule has 19 heavy (non-hydrogen) atoms. The monoisotopic (exact) mass is 356 g/mol. The van der Waals surface area contributed by atoms with Gasteiger partial charge in [0.15, 0.2) is 0 Å². The summed E-state index contributed by atoms with van der Waals surface area (Å²) in [5, 5.41) is 1.62. The lowest BCUT2D eigenvalue weighted by molar-refractivity contribution is 0.536. The molecule has 0 aliphatic heterocycles. The van der Waals surface area contributed by atoms with E-state index in [1.165, 1.54) is 0 Å². The Morgan fingerprint density at radius 1 is 1.16 bits per heavy atom. The summed E-state index contributed by atoms with van der Waals surface area (Å²) in [6, 6.07) is 9.66. The van der Waals surface area contributed by atoms with E-state index in [-0.39, 0.29) is 5.41 Å². The van der Waals surface area contributed by atoms with Gasteiger partial charge in [-0.25, -0.2) is 9.97 Å². The van der Waals surface area contributed by atoms with Crippen LogP contribution in [0.1, 0.15) is 26.6 Å². The highest BCUT2D eigenvalue weighted by molar-refractivity contribution is 9.10. The molecule has 0 N–H and O–H groups in total. The maximum Gasteiger partial charge on any atom is 0.136 e. The molecule has 0 aliphatic rings. The molecule has 0 bridgehead atoms. The highest BCUT2D eigenvalue weighted by atomic mass is 79.9. The van der Waals surface area contributed by atoms with Crippen molar-refractivity contribution in [3.63, 3.8) is 0 Å². The number of hydrogen-bond acceptors (Lipinski definition) is 3. The van der Waals surface area contributed by atoms with Gasteiger partial charge in [0, 0.05) is 16.4 Å². The minimum Gasteiger partial charge on any atom is -0.226 e. The second kappa shape index (κ2) is 5.81. The molecule has 0 saturated heterocycles. The molecule has 1 heterocycles. The van der Waals surface area contributed by atoms with E-state index in [0.29, 0.717) is 0 Å². The molecule has 5 heteroatoms. The highest BCUT2D eigenvalue weighted by Crippen LogP contribution is 2.33. The van der Waals surface area contributed by atoms with Gasteiger partial charge in [0.25, 0.3) is 0 Å². The van der Waals surface area contributed by atoms with E-state index >= 15 is 0 Å². The largest absolute Gasteiger partial charge is 0.226 e. The van der Waals surface area contributed by atoms with Crippen LogP contribution in [0, 0.1) is 0 Å². The summed E-state index contributed by atoms with van der Waals surface area (Å²) in [6.07, 6.45) is 0. The zero-order valence-corrected chi connectivity index (χ0v) is 14.1. The van der Waals surface area contributed by atoms with Gasteiger partial charge in [0.2, 0.25) is 0 Å². The summed E-state index contributed by atoms with van der Waals surface area (Å²) in [6.45, 7) is 6.29. The maximum absolute atomic E-state index is 6.17. The lowest BCUT2D eigenvalue weighted by atomic mass is 9.96. The predicted molar refractivity (Wildman–Crippen MR) is 84.0 cm³/mol. The molecular formula is C14H14BrClN2S. The standard InChI is InChI=1S/C14H14BrClN2S/c1-14(2,3)13-17-11(15)8-12(18-13)19-10-7-5-4-6-9(10)16/h4-8H,1-3H3. The van der Waals surface area contributed by atoms with E-state index in [1.54, 1.807) is 11.8 Å². The molecule has 1 aromatic heterocycles. The van der Waals surface area contributed by atoms with E-state index < -0.39 is 0 Å². The van der Waals surface area contributed by atoms with Crippen molar-refractivity contribution in [1.82, 2.24) is 9.97 Å². The van der Waals surface area contributed by atoms with Crippen LogP contribution in [0.3, 0.4) is 0 Å². The van der Waals surface area contributed by atoms with Gasteiger partial charge < -0.3 is 0 Å². The Balaban J connectivity index is 2.36. The van der Waals surface area contributed by atoms with Gasteiger partial charge in [-0.2, -0.15) is 0 Å². The summed E-state index contributed by atoms with van der Waals surface area (Å²) in [4.78, 5) is 10.0. The third kappa shape index (κ3) is 3.94. The normalized spacial score (nSPS) is 11.6. The molecule has 0 aliphatic carbocycles. The van der Waals surface area contributed by atoms with Crippen LogP contribution in [0.5, 0.6) is 0 Å². The summed E-state index contributed by atoms with van der Waals surface area (Å²) in [5.74, 6) is 0.816. The summed E-state index contributed by atoms with van der Waals surface area (Å²) in [7, 11) is 0. The van der Waals surface area contributed by atoms with Crippen molar-refractivity contribution in [3.8, 4) is 0 Å². The molecule has 0 fully saturated rings. The van der Waals surface area contributed by atoms with E-state index in [0.717, 1.165) is 25.4 Å². The second-order valence-corrected chi connectivity index (χ2v) is 7.42. The van der Waals surface area contributed by atoms with Crippen LogP contribution in [0.15, 0.2) is 44.9 Å². The van der Waals surface area contributed by atoms with Crippen molar-refractivity contribution in [2.45, 2.75) is 36.1 Å². The lowest BCUT2D eigenvalue weighted by Gasteiger charge is -2.17. The Labute approximate surface area is 131 Å². The number of benzene rings is 1. The van der Waals surface area contributed by atoms with Crippen molar-refractivity contribution in [3.05, 3.63) is 45.8 Å². The maximum atomic E-state index is 6.17. The summed E-state index contributed by atoms with van der Waals surface area (Å²) < 4.78 is 0.793. The number of halogens is 2. The first kappa shape index (κ1) is 14.8. The number of aromatic nitrogens is 2. The van der Waals surface area contributed by atoms with E-state index in [1.807, 2.05) is 30.3 Å². The van der Waals surface area contributed by atoms with Crippen molar-refractivity contribution in [2.75, 3.05) is 0 Å². The predicted octanol–water partition coefficient (Wildman–Crippen LogP) is 5.34. The fraction of sp³-hybridized carbons (Fsp3) is 0.286. The molecule has 0 atom stereocenters. The minimum absolute atomic E-state index is 0.0838. The van der Waals surface area contributed by atoms with Crippen LogP contribution in [-0.4, -0.2) is 9.97 Å². The lowest BCUT2D eigenvalue weighted by Crippen LogP contribution is -2.16. The molecular weight excluding hydrogens is 344 g/mol. The zero-order chi connectivity index (χ0) is 14.0. The SMILES string of the molecule is CC(C)(C)c1nc(Br)cc(Sc2ccccc2Cl)n1. The van der Waals surface area contributed by atoms with Crippen molar-refractivity contribution < 1.29 is 0 Å². The van der Waals surface area contributed by atoms with Crippen molar-refractivity contribution >= 4 is 39.3 Å². The number of nitrogens with zero attached hydrogens (tertiary/aromatic N) is 2. The zero-order valence-electron chi connectivity index (χ0n) is 10.9. The quantitative estimate of drug-likeness (QED) is 0.678. The van der Waals surface area contributed by atoms with Gasteiger partial charge in [0.05, 0.1) is 5.02 Å². The van der Waals surface area contributed by atoms with Crippen LogP contribution in [0.25, 0.3) is 0 Å². The Bertz CT molecular complexity index is 596. The Hall–Kier alpha value is -0.580. The van der Waals surface area contributed by atoms with Crippen LogP contribution in [0.2, 0.25) is 5.02 Å². The van der Waals surface area contributed by atoms with Gasteiger partial charge in [0.1, 0.15) is 15.5 Å². The van der Waals surface area contributed by atoms with Gasteiger partial charge in [-0.1, -0.05) is 56.3 Å². The molecule has 0 radical (unpaired) electrons. The molecule has 2 rings (SSSR count). The van der Waals surface area contributed by atoms with E-state index in [9.17, 15) is 0 Å². The highest BCUT2D eigenvalue weighted by Gasteiger charge is 2.19. The number of hydrogen-bond donors (Lipinski definition) is 0. The smallest absolute Gasteiger partial charge is 0.136 e. The Morgan fingerprint density at radius 2 is 1.84 bits per heavy atom. The molecule has 0 amide bonds. The van der Waals surface area contributed by atoms with Crippen molar-refractivity contribution in [1.29, 1.82) is 0 Å². The molecule has 1 aromatic carbocycles. The summed E-state index contributed by atoms with van der Waals surface area (Å²) >= 11 is 11.2. The van der Waals surface area contributed by atoms with Crippen molar-refractivity contribution in [2.24, 2.45) is 0 Å². The average Bonchev–Trinajstić information content (AvgIpc) is 2.30. The van der Waals surface area contributed by atoms with E-state index in [4.69, 9.17) is 11.6 Å². The second-order valence-electron chi connectivity index (χ2n) is 5.13. The summed E-state index contributed by atoms with van der Waals surface area (Å²) in [5.41, 5.74) is -0.0838. The van der Waals surface area contributed by atoms with Gasteiger partial charge in [-0.05, 0) is 28.1 Å².